The Balaban J connectivity index is 2.73. The van der Waals surface area contributed by atoms with Gasteiger partial charge in [-0.25, -0.2) is 0 Å². The van der Waals surface area contributed by atoms with E-state index >= 15 is 0 Å². The average Bonchev–Trinajstić information content (AvgIpc) is 2.38. The summed E-state index contributed by atoms with van der Waals surface area (Å²) in [5.74, 6) is 3.18. The van der Waals surface area contributed by atoms with Gasteiger partial charge in [-0.3, -0.25) is 0 Å². The molecule has 3 nitrogen and oxygen atoms in total. The van der Waals surface area contributed by atoms with Crippen LogP contribution in [0, 0.1) is 0 Å². The molecule has 1 aromatic carbocycles. The summed E-state index contributed by atoms with van der Waals surface area (Å²) in [6, 6.07) is 5.49. The van der Waals surface area contributed by atoms with Crippen LogP contribution in [0.15, 0.2) is 18.2 Å². The van der Waals surface area contributed by atoms with Gasteiger partial charge in [0.15, 0.2) is 0 Å². The van der Waals surface area contributed by atoms with E-state index in [9.17, 15) is 5.11 Å². The van der Waals surface area contributed by atoms with Gasteiger partial charge in [-0.15, -0.1) is 0 Å². The van der Waals surface area contributed by atoms with Crippen LogP contribution in [-0.2, 0) is 0 Å². The summed E-state index contributed by atoms with van der Waals surface area (Å²) in [7, 11) is 3.22. The van der Waals surface area contributed by atoms with Crippen molar-refractivity contribution in [3.63, 3.8) is 0 Å². The fourth-order valence-electron chi connectivity index (χ4n) is 1.46. The summed E-state index contributed by atoms with van der Waals surface area (Å²) in [6.45, 7) is 2.13. The fourth-order valence-corrected chi connectivity index (χ4v) is 2.33. The highest BCUT2D eigenvalue weighted by Gasteiger charge is 2.10. The van der Waals surface area contributed by atoms with Gasteiger partial charge < -0.3 is 14.6 Å². The second kappa shape index (κ2) is 7.45. The monoisotopic (exact) mass is 256 g/mol. The zero-order chi connectivity index (χ0) is 12.7. The van der Waals surface area contributed by atoms with Crippen LogP contribution >= 0.6 is 11.8 Å². The minimum Gasteiger partial charge on any atom is -0.497 e. The molecule has 0 aliphatic rings. The van der Waals surface area contributed by atoms with Crippen LogP contribution in [0.1, 0.15) is 25.0 Å². The zero-order valence-corrected chi connectivity index (χ0v) is 11.4. The first-order chi connectivity index (χ1) is 8.21. The number of hydrogen-bond acceptors (Lipinski definition) is 4. The van der Waals surface area contributed by atoms with Gasteiger partial charge in [0.05, 0.1) is 20.3 Å². The molecule has 17 heavy (non-hydrogen) atoms. The molecule has 0 saturated carbocycles. The van der Waals surface area contributed by atoms with Crippen molar-refractivity contribution >= 4 is 11.8 Å². The van der Waals surface area contributed by atoms with Crippen molar-refractivity contribution in [1.29, 1.82) is 0 Å². The van der Waals surface area contributed by atoms with Gasteiger partial charge in [-0.2, -0.15) is 11.8 Å². The lowest BCUT2D eigenvalue weighted by atomic mass is 10.1. The van der Waals surface area contributed by atoms with Gasteiger partial charge in [0, 0.05) is 11.8 Å². The molecule has 1 atom stereocenters. The first-order valence-corrected chi connectivity index (χ1v) is 6.85. The maximum Gasteiger partial charge on any atom is 0.122 e. The minimum absolute atomic E-state index is 0.476. The molecule has 0 bridgehead atoms. The summed E-state index contributed by atoms with van der Waals surface area (Å²) < 4.78 is 10.4. The van der Waals surface area contributed by atoms with Crippen LogP contribution in [-0.4, -0.2) is 30.8 Å². The lowest BCUT2D eigenvalue weighted by molar-refractivity contribution is 0.203. The highest BCUT2D eigenvalue weighted by atomic mass is 32.2. The maximum atomic E-state index is 10.1. The fraction of sp³-hybridized carbons (Fsp3) is 0.538. The van der Waals surface area contributed by atoms with Crippen LogP contribution in [0.5, 0.6) is 11.5 Å². The van der Waals surface area contributed by atoms with Crippen molar-refractivity contribution in [2.75, 3.05) is 25.7 Å². The molecule has 0 aromatic heterocycles. The molecule has 0 fully saturated rings. The van der Waals surface area contributed by atoms with E-state index in [2.05, 4.69) is 6.92 Å². The van der Waals surface area contributed by atoms with Gasteiger partial charge in [-0.05, 0) is 29.9 Å². The quantitative estimate of drug-likeness (QED) is 0.761. The Hall–Kier alpha value is -0.870. The van der Waals surface area contributed by atoms with Crippen molar-refractivity contribution in [2.24, 2.45) is 0 Å². The molecule has 0 radical (unpaired) electrons. The van der Waals surface area contributed by atoms with Gasteiger partial charge >= 0.3 is 0 Å². The summed E-state index contributed by atoms with van der Waals surface area (Å²) >= 11 is 1.75. The molecule has 1 aromatic rings. The van der Waals surface area contributed by atoms with Crippen LogP contribution in [0.4, 0.5) is 0 Å². The molecular formula is C13H20O3S. The number of methoxy groups -OCH3 is 2. The minimum atomic E-state index is -0.476. The Morgan fingerprint density at radius 2 is 1.76 bits per heavy atom. The van der Waals surface area contributed by atoms with Gasteiger partial charge in [0.2, 0.25) is 0 Å². The molecule has 4 heteroatoms. The zero-order valence-electron chi connectivity index (χ0n) is 10.6. The predicted molar refractivity (Wildman–Crippen MR) is 72.1 cm³/mol. The number of aliphatic hydroxyl groups excluding tert-OH is 1. The third-order valence-corrected chi connectivity index (χ3v) is 3.63. The summed E-state index contributed by atoms with van der Waals surface area (Å²) in [5.41, 5.74) is 0.838. The van der Waals surface area contributed by atoms with Gasteiger partial charge in [0.25, 0.3) is 0 Å². The van der Waals surface area contributed by atoms with E-state index in [1.54, 1.807) is 32.0 Å². The van der Waals surface area contributed by atoms with E-state index in [1.165, 1.54) is 0 Å². The molecule has 1 N–H and O–H groups in total. The second-order valence-corrected chi connectivity index (χ2v) is 4.89. The summed E-state index contributed by atoms with van der Waals surface area (Å²) in [6.07, 6.45) is 0.647. The number of ether oxygens (including phenoxy) is 2. The molecule has 0 saturated heterocycles. The highest BCUT2D eigenvalue weighted by molar-refractivity contribution is 7.99. The Kier molecular flexibility index (Phi) is 6.22. The molecular weight excluding hydrogens is 236 g/mol. The van der Waals surface area contributed by atoms with E-state index in [0.717, 1.165) is 17.7 Å². The summed E-state index contributed by atoms with van der Waals surface area (Å²) in [5, 5.41) is 10.1. The SMILES string of the molecule is CCCSCC(O)c1cc(OC)cc(OC)c1. The number of benzene rings is 1. The third-order valence-electron chi connectivity index (χ3n) is 2.38. The number of rotatable bonds is 7. The number of thioether (sulfide) groups is 1. The van der Waals surface area contributed by atoms with Crippen molar-refractivity contribution < 1.29 is 14.6 Å². The lowest BCUT2D eigenvalue weighted by Crippen LogP contribution is -2.02. The van der Waals surface area contributed by atoms with Gasteiger partial charge in [-0.1, -0.05) is 6.92 Å². The molecule has 0 spiro atoms. The van der Waals surface area contributed by atoms with Crippen LogP contribution in [0.3, 0.4) is 0 Å². The number of hydrogen-bond donors (Lipinski definition) is 1. The Morgan fingerprint density at radius 1 is 1.18 bits per heavy atom. The smallest absolute Gasteiger partial charge is 0.122 e. The normalized spacial score (nSPS) is 12.2. The Morgan fingerprint density at radius 3 is 2.24 bits per heavy atom. The highest BCUT2D eigenvalue weighted by Crippen LogP contribution is 2.28. The molecule has 0 aliphatic carbocycles. The third kappa shape index (κ3) is 4.48. The Bertz CT molecular complexity index is 319. The van der Waals surface area contributed by atoms with Gasteiger partial charge in [0.1, 0.15) is 11.5 Å². The molecule has 0 heterocycles. The largest absolute Gasteiger partial charge is 0.497 e. The first kappa shape index (κ1) is 14.2. The lowest BCUT2D eigenvalue weighted by Gasteiger charge is -2.13. The van der Waals surface area contributed by atoms with Crippen molar-refractivity contribution in [2.45, 2.75) is 19.4 Å². The average molecular weight is 256 g/mol. The number of aliphatic hydroxyl groups is 1. The predicted octanol–water partition coefficient (Wildman–Crippen LogP) is 2.88. The van der Waals surface area contributed by atoms with Crippen molar-refractivity contribution in [3.05, 3.63) is 23.8 Å². The standard InChI is InChI=1S/C13H20O3S/c1-4-5-17-9-13(14)10-6-11(15-2)8-12(7-10)16-3/h6-8,13-14H,4-5,9H2,1-3H3. The van der Waals surface area contributed by atoms with Crippen LogP contribution in [0.2, 0.25) is 0 Å². The molecule has 1 rings (SSSR count). The van der Waals surface area contributed by atoms with E-state index in [-0.39, 0.29) is 0 Å². The molecule has 1 unspecified atom stereocenters. The maximum absolute atomic E-state index is 10.1. The summed E-state index contributed by atoms with van der Waals surface area (Å²) in [4.78, 5) is 0. The van der Waals surface area contributed by atoms with Crippen LogP contribution in [0.25, 0.3) is 0 Å². The van der Waals surface area contributed by atoms with E-state index in [1.807, 2.05) is 12.1 Å². The second-order valence-electron chi connectivity index (χ2n) is 3.74. The van der Waals surface area contributed by atoms with Crippen molar-refractivity contribution in [1.82, 2.24) is 0 Å². The molecule has 0 amide bonds. The van der Waals surface area contributed by atoms with Crippen molar-refractivity contribution in [3.8, 4) is 11.5 Å². The molecule has 0 aliphatic heterocycles. The molecule has 96 valence electrons. The topological polar surface area (TPSA) is 38.7 Å². The van der Waals surface area contributed by atoms with E-state index in [0.29, 0.717) is 17.3 Å². The van der Waals surface area contributed by atoms with E-state index in [4.69, 9.17) is 9.47 Å². The van der Waals surface area contributed by atoms with E-state index < -0.39 is 6.10 Å². The Labute approximate surface area is 107 Å². The first-order valence-electron chi connectivity index (χ1n) is 5.70. The van der Waals surface area contributed by atoms with Crippen LogP contribution < -0.4 is 9.47 Å².